The molecule has 8 nitrogen and oxygen atoms in total. The van der Waals surface area contributed by atoms with E-state index in [1.165, 1.54) is 30.9 Å². The molecule has 1 atom stereocenters. The number of aliphatic carboxylic acids is 1. The minimum atomic E-state index is -1.21. The maximum absolute atomic E-state index is 12.6. The molecule has 0 aliphatic carbocycles. The minimum Gasteiger partial charge on any atom is -0.479 e. The lowest BCUT2D eigenvalue weighted by Gasteiger charge is -2.34. The number of piperidine rings is 1. The maximum Gasteiger partial charge on any atom is 0.331 e. The molecule has 2 amide bonds. The molecular formula is C17H26N4O4. The molecule has 1 aliphatic rings. The Morgan fingerprint density at radius 1 is 1.36 bits per heavy atom. The van der Waals surface area contributed by atoms with Gasteiger partial charge in [-0.15, -0.1) is 0 Å². The van der Waals surface area contributed by atoms with Crippen LogP contribution in [0.25, 0.3) is 0 Å². The van der Waals surface area contributed by atoms with E-state index in [9.17, 15) is 19.5 Å². The van der Waals surface area contributed by atoms with Crippen molar-refractivity contribution in [3.63, 3.8) is 0 Å². The van der Waals surface area contributed by atoms with Crippen LogP contribution in [0.3, 0.4) is 0 Å². The van der Waals surface area contributed by atoms with Gasteiger partial charge in [-0.1, -0.05) is 6.92 Å². The predicted octanol–water partition coefficient (Wildman–Crippen LogP) is 1.82. The largest absolute Gasteiger partial charge is 0.479 e. The van der Waals surface area contributed by atoms with Crippen LogP contribution < -0.4 is 5.32 Å². The molecule has 1 aromatic rings. The zero-order valence-corrected chi connectivity index (χ0v) is 15.0. The summed E-state index contributed by atoms with van der Waals surface area (Å²) in [6.07, 6.45) is 6.55. The summed E-state index contributed by atoms with van der Waals surface area (Å²) in [6.45, 7) is 5.60. The predicted molar refractivity (Wildman–Crippen MR) is 92.1 cm³/mol. The van der Waals surface area contributed by atoms with Gasteiger partial charge >= 0.3 is 5.97 Å². The van der Waals surface area contributed by atoms with Gasteiger partial charge in [0.05, 0.1) is 11.9 Å². The molecule has 138 valence electrons. The van der Waals surface area contributed by atoms with Gasteiger partial charge in [-0.05, 0) is 39.5 Å². The van der Waals surface area contributed by atoms with Crippen molar-refractivity contribution in [2.75, 3.05) is 11.9 Å². The molecule has 0 spiro atoms. The first kappa shape index (κ1) is 19.0. The molecule has 2 heterocycles. The molecule has 2 N–H and O–H groups in total. The number of nitrogens with zero attached hydrogens (tertiary/aromatic N) is 3. The van der Waals surface area contributed by atoms with E-state index in [-0.39, 0.29) is 11.8 Å². The Bertz CT molecular complexity index is 653. The third-order valence-corrected chi connectivity index (χ3v) is 4.54. The Hall–Kier alpha value is -2.38. The number of carbonyl (C=O) groups excluding carboxylic acids is 2. The van der Waals surface area contributed by atoms with Crippen LogP contribution in [0.4, 0.5) is 5.69 Å². The second kappa shape index (κ2) is 7.67. The molecule has 0 saturated carbocycles. The maximum atomic E-state index is 12.6. The SMILES string of the molecule is CCCC(=O)N1CCCCC1C(=O)Nc1cnn(C(C)(C)C(=O)O)c1. The number of rotatable bonds is 6. The van der Waals surface area contributed by atoms with Crippen molar-refractivity contribution in [1.29, 1.82) is 0 Å². The molecule has 0 radical (unpaired) electrons. The molecule has 1 unspecified atom stereocenters. The summed E-state index contributed by atoms with van der Waals surface area (Å²) < 4.78 is 1.30. The molecule has 1 aliphatic heterocycles. The number of carboxylic acid groups (broad SMARTS) is 1. The molecule has 1 fully saturated rings. The van der Waals surface area contributed by atoms with Gasteiger partial charge in [0.2, 0.25) is 11.8 Å². The molecule has 1 aromatic heterocycles. The summed E-state index contributed by atoms with van der Waals surface area (Å²) in [4.78, 5) is 37.8. The van der Waals surface area contributed by atoms with Gasteiger partial charge in [-0.2, -0.15) is 5.10 Å². The fraction of sp³-hybridized carbons (Fsp3) is 0.647. The number of hydrogen-bond donors (Lipinski definition) is 2. The molecule has 0 bridgehead atoms. The number of anilines is 1. The zero-order valence-electron chi connectivity index (χ0n) is 15.0. The van der Waals surface area contributed by atoms with Crippen LogP contribution >= 0.6 is 0 Å². The van der Waals surface area contributed by atoms with Gasteiger partial charge in [0, 0.05) is 19.2 Å². The lowest BCUT2D eigenvalue weighted by Crippen LogP contribution is -2.49. The van der Waals surface area contributed by atoms with E-state index in [1.54, 1.807) is 4.90 Å². The van der Waals surface area contributed by atoms with Crippen LogP contribution in [0.2, 0.25) is 0 Å². The Labute approximate surface area is 147 Å². The van der Waals surface area contributed by atoms with Crippen molar-refractivity contribution in [2.24, 2.45) is 0 Å². The van der Waals surface area contributed by atoms with E-state index in [0.29, 0.717) is 25.1 Å². The Morgan fingerprint density at radius 3 is 2.72 bits per heavy atom. The molecule has 1 saturated heterocycles. The highest BCUT2D eigenvalue weighted by molar-refractivity contribution is 5.97. The first-order chi connectivity index (χ1) is 11.8. The van der Waals surface area contributed by atoms with Crippen molar-refractivity contribution in [3.8, 4) is 0 Å². The van der Waals surface area contributed by atoms with E-state index in [1.807, 2.05) is 6.92 Å². The van der Waals surface area contributed by atoms with Gasteiger partial charge in [0.15, 0.2) is 5.54 Å². The smallest absolute Gasteiger partial charge is 0.331 e. The highest BCUT2D eigenvalue weighted by atomic mass is 16.4. The fourth-order valence-electron chi connectivity index (χ4n) is 2.88. The van der Waals surface area contributed by atoms with Gasteiger partial charge in [-0.3, -0.25) is 14.3 Å². The lowest BCUT2D eigenvalue weighted by molar-refractivity contribution is -0.146. The lowest BCUT2D eigenvalue weighted by atomic mass is 10.0. The van der Waals surface area contributed by atoms with Crippen LogP contribution in [0.1, 0.15) is 52.9 Å². The third kappa shape index (κ3) is 4.18. The third-order valence-electron chi connectivity index (χ3n) is 4.54. The van der Waals surface area contributed by atoms with Gasteiger partial charge in [0.25, 0.3) is 0 Å². The highest BCUT2D eigenvalue weighted by Gasteiger charge is 2.33. The Morgan fingerprint density at radius 2 is 2.08 bits per heavy atom. The number of likely N-dealkylation sites (tertiary alicyclic amines) is 1. The number of carbonyl (C=O) groups is 3. The van der Waals surface area contributed by atoms with E-state index < -0.39 is 17.6 Å². The van der Waals surface area contributed by atoms with E-state index in [4.69, 9.17) is 0 Å². The number of hydrogen-bond acceptors (Lipinski definition) is 4. The summed E-state index contributed by atoms with van der Waals surface area (Å²) in [7, 11) is 0. The van der Waals surface area contributed by atoms with Crippen LogP contribution in [-0.2, 0) is 19.9 Å². The number of nitrogens with one attached hydrogen (secondary N) is 1. The second-order valence-electron chi connectivity index (χ2n) is 6.88. The van der Waals surface area contributed by atoms with Gasteiger partial charge < -0.3 is 15.3 Å². The topological polar surface area (TPSA) is 105 Å². The molecule has 8 heteroatoms. The van der Waals surface area contributed by atoms with Crippen LogP contribution in [0.15, 0.2) is 12.4 Å². The fourth-order valence-corrected chi connectivity index (χ4v) is 2.88. The minimum absolute atomic E-state index is 0.00468. The second-order valence-corrected chi connectivity index (χ2v) is 6.88. The Balaban J connectivity index is 2.09. The summed E-state index contributed by atoms with van der Waals surface area (Å²) in [6, 6.07) is -0.483. The average Bonchev–Trinajstić information content (AvgIpc) is 3.04. The number of amides is 2. The van der Waals surface area contributed by atoms with Crippen molar-refractivity contribution in [2.45, 2.75) is 64.5 Å². The van der Waals surface area contributed by atoms with Crippen LogP contribution in [-0.4, -0.2) is 50.2 Å². The van der Waals surface area contributed by atoms with Crippen molar-refractivity contribution in [3.05, 3.63) is 12.4 Å². The summed E-state index contributed by atoms with van der Waals surface area (Å²) in [5.41, 5.74) is -0.787. The molecular weight excluding hydrogens is 324 g/mol. The van der Waals surface area contributed by atoms with Crippen molar-refractivity contribution in [1.82, 2.24) is 14.7 Å². The zero-order chi connectivity index (χ0) is 18.6. The molecule has 0 aromatic carbocycles. The summed E-state index contributed by atoms with van der Waals surface area (Å²) in [5, 5.41) is 16.0. The van der Waals surface area contributed by atoms with Gasteiger partial charge in [0.1, 0.15) is 6.04 Å². The first-order valence-corrected chi connectivity index (χ1v) is 8.66. The monoisotopic (exact) mass is 350 g/mol. The van der Waals surface area contributed by atoms with Gasteiger partial charge in [-0.25, -0.2) is 4.79 Å². The molecule has 2 rings (SSSR count). The van der Waals surface area contributed by atoms with E-state index in [0.717, 1.165) is 19.3 Å². The number of carboxylic acids is 1. The average molecular weight is 350 g/mol. The highest BCUT2D eigenvalue weighted by Crippen LogP contribution is 2.21. The van der Waals surface area contributed by atoms with Crippen LogP contribution in [0.5, 0.6) is 0 Å². The Kier molecular flexibility index (Phi) is 5.81. The normalized spacial score (nSPS) is 18.0. The standard InChI is InChI=1S/C17H26N4O4/c1-4-7-14(22)20-9-6-5-8-13(20)15(23)19-12-10-18-21(11-12)17(2,3)16(24)25/h10-11,13H,4-9H2,1-3H3,(H,19,23)(H,24,25). The summed E-state index contributed by atoms with van der Waals surface area (Å²) >= 11 is 0. The quantitative estimate of drug-likeness (QED) is 0.814. The first-order valence-electron chi connectivity index (χ1n) is 8.66. The van der Waals surface area contributed by atoms with Crippen molar-refractivity contribution < 1.29 is 19.5 Å². The van der Waals surface area contributed by atoms with E-state index in [2.05, 4.69) is 10.4 Å². The molecule has 25 heavy (non-hydrogen) atoms. The summed E-state index contributed by atoms with van der Waals surface area (Å²) in [5.74, 6) is -1.26. The number of aromatic nitrogens is 2. The van der Waals surface area contributed by atoms with E-state index >= 15 is 0 Å². The van der Waals surface area contributed by atoms with Crippen molar-refractivity contribution >= 4 is 23.5 Å². The van der Waals surface area contributed by atoms with Crippen LogP contribution in [0, 0.1) is 0 Å².